The second-order valence-electron chi connectivity index (χ2n) is 4.19. The molecule has 0 bridgehead atoms. The number of piperidine rings is 1. The highest BCUT2D eigenvalue weighted by atomic mass is 16.1. The zero-order chi connectivity index (χ0) is 9.80. The number of allylic oxidation sites excluding steroid dienone is 4. The Morgan fingerprint density at radius 1 is 1.21 bits per heavy atom. The molecule has 1 heterocycles. The summed E-state index contributed by atoms with van der Waals surface area (Å²) >= 11 is 0. The quantitative estimate of drug-likeness (QED) is 0.611. The molecule has 1 atom stereocenters. The summed E-state index contributed by atoms with van der Waals surface area (Å²) in [6.45, 7) is 1.89. The molecule has 1 saturated heterocycles. The van der Waals surface area contributed by atoms with Gasteiger partial charge in [0.05, 0.1) is 0 Å². The van der Waals surface area contributed by atoms with Gasteiger partial charge in [-0.2, -0.15) is 0 Å². The Labute approximate surface area is 85.3 Å². The molecule has 1 aliphatic carbocycles. The second kappa shape index (κ2) is 4.45. The maximum absolute atomic E-state index is 10.5. The standard InChI is InChI=1S/C12H17NO/c14-10-13-8-6-12(7-9-13)11-4-2-1-3-5-11/h1-4,10-12H,5-9H2. The van der Waals surface area contributed by atoms with Gasteiger partial charge in [0.25, 0.3) is 0 Å². The van der Waals surface area contributed by atoms with Crippen LogP contribution in [0.1, 0.15) is 19.3 Å². The first-order chi connectivity index (χ1) is 6.90. The maximum Gasteiger partial charge on any atom is 0.209 e. The zero-order valence-corrected chi connectivity index (χ0v) is 8.43. The fourth-order valence-electron chi connectivity index (χ4n) is 2.40. The number of amides is 1. The van der Waals surface area contributed by atoms with E-state index >= 15 is 0 Å². The molecule has 2 aliphatic rings. The Morgan fingerprint density at radius 2 is 2.00 bits per heavy atom. The lowest BCUT2D eigenvalue weighted by Crippen LogP contribution is -2.34. The van der Waals surface area contributed by atoms with Crippen molar-refractivity contribution in [3.63, 3.8) is 0 Å². The molecule has 2 heteroatoms. The fourth-order valence-corrected chi connectivity index (χ4v) is 2.40. The highest BCUT2D eigenvalue weighted by molar-refractivity contribution is 5.47. The molecule has 14 heavy (non-hydrogen) atoms. The van der Waals surface area contributed by atoms with Crippen LogP contribution in [0.2, 0.25) is 0 Å². The van der Waals surface area contributed by atoms with Crippen molar-refractivity contribution in [3.05, 3.63) is 24.3 Å². The number of nitrogens with zero attached hydrogens (tertiary/aromatic N) is 1. The van der Waals surface area contributed by atoms with Crippen molar-refractivity contribution in [2.24, 2.45) is 11.8 Å². The van der Waals surface area contributed by atoms with Crippen molar-refractivity contribution >= 4 is 6.41 Å². The molecule has 0 aromatic carbocycles. The van der Waals surface area contributed by atoms with Crippen LogP contribution in [0.3, 0.4) is 0 Å². The Hall–Kier alpha value is -1.05. The van der Waals surface area contributed by atoms with Gasteiger partial charge in [0.1, 0.15) is 0 Å². The van der Waals surface area contributed by atoms with Crippen molar-refractivity contribution in [1.29, 1.82) is 0 Å². The number of hydrogen-bond acceptors (Lipinski definition) is 1. The summed E-state index contributed by atoms with van der Waals surface area (Å²) in [6, 6.07) is 0. The Balaban J connectivity index is 1.86. The highest BCUT2D eigenvalue weighted by Gasteiger charge is 2.23. The van der Waals surface area contributed by atoms with Gasteiger partial charge in [-0.05, 0) is 31.1 Å². The Bertz CT molecular complexity index is 249. The van der Waals surface area contributed by atoms with E-state index in [1.165, 1.54) is 19.3 Å². The van der Waals surface area contributed by atoms with E-state index in [1.54, 1.807) is 0 Å². The van der Waals surface area contributed by atoms with E-state index in [9.17, 15) is 4.79 Å². The van der Waals surface area contributed by atoms with Gasteiger partial charge in [0.2, 0.25) is 6.41 Å². The SMILES string of the molecule is O=CN1CCC(C2C=CC=CC2)CC1. The third-order valence-electron chi connectivity index (χ3n) is 3.34. The van der Waals surface area contributed by atoms with E-state index in [2.05, 4.69) is 24.3 Å². The molecule has 0 aromatic heterocycles. The molecule has 0 aromatic rings. The first-order valence-corrected chi connectivity index (χ1v) is 5.43. The predicted octanol–water partition coefficient (Wildman–Crippen LogP) is 1.99. The summed E-state index contributed by atoms with van der Waals surface area (Å²) in [5, 5.41) is 0. The summed E-state index contributed by atoms with van der Waals surface area (Å²) in [7, 11) is 0. The predicted molar refractivity (Wildman–Crippen MR) is 56.7 cm³/mol. The smallest absolute Gasteiger partial charge is 0.209 e. The first kappa shape index (κ1) is 9.50. The van der Waals surface area contributed by atoms with Gasteiger partial charge in [-0.15, -0.1) is 0 Å². The van der Waals surface area contributed by atoms with Gasteiger partial charge in [-0.25, -0.2) is 0 Å². The second-order valence-corrected chi connectivity index (χ2v) is 4.19. The molecule has 1 fully saturated rings. The number of carbonyl (C=O) groups is 1. The van der Waals surface area contributed by atoms with Crippen LogP contribution in [0.25, 0.3) is 0 Å². The normalized spacial score (nSPS) is 28.0. The lowest BCUT2D eigenvalue weighted by atomic mass is 9.81. The Kier molecular flexibility index (Phi) is 3.02. The number of likely N-dealkylation sites (tertiary alicyclic amines) is 1. The minimum Gasteiger partial charge on any atom is -0.345 e. The van der Waals surface area contributed by atoms with Crippen LogP contribution in [0.4, 0.5) is 0 Å². The van der Waals surface area contributed by atoms with E-state index in [-0.39, 0.29) is 0 Å². The Morgan fingerprint density at radius 3 is 2.57 bits per heavy atom. The van der Waals surface area contributed by atoms with Crippen LogP contribution >= 0.6 is 0 Å². The van der Waals surface area contributed by atoms with Gasteiger partial charge in [-0.3, -0.25) is 4.79 Å². The average molecular weight is 191 g/mol. The van der Waals surface area contributed by atoms with Crippen LogP contribution in [-0.4, -0.2) is 24.4 Å². The van der Waals surface area contributed by atoms with Crippen LogP contribution < -0.4 is 0 Å². The molecule has 1 unspecified atom stereocenters. The molecule has 0 spiro atoms. The lowest BCUT2D eigenvalue weighted by molar-refractivity contribution is -0.119. The molecular weight excluding hydrogens is 174 g/mol. The summed E-state index contributed by atoms with van der Waals surface area (Å²) < 4.78 is 0. The summed E-state index contributed by atoms with van der Waals surface area (Å²) in [5.74, 6) is 1.50. The largest absolute Gasteiger partial charge is 0.345 e. The minimum absolute atomic E-state index is 0.716. The van der Waals surface area contributed by atoms with E-state index in [0.717, 1.165) is 25.4 Å². The van der Waals surface area contributed by atoms with Crippen molar-refractivity contribution in [2.45, 2.75) is 19.3 Å². The average Bonchev–Trinajstić information content (AvgIpc) is 2.30. The minimum atomic E-state index is 0.716. The topological polar surface area (TPSA) is 20.3 Å². The summed E-state index contributed by atoms with van der Waals surface area (Å²) in [6.07, 6.45) is 13.3. The number of carbonyl (C=O) groups excluding carboxylic acids is 1. The van der Waals surface area contributed by atoms with E-state index in [1.807, 2.05) is 4.90 Å². The van der Waals surface area contributed by atoms with Crippen LogP contribution in [0, 0.1) is 11.8 Å². The van der Waals surface area contributed by atoms with Crippen molar-refractivity contribution < 1.29 is 4.79 Å². The van der Waals surface area contributed by atoms with Crippen molar-refractivity contribution in [1.82, 2.24) is 4.90 Å². The molecule has 0 radical (unpaired) electrons. The molecule has 1 aliphatic heterocycles. The molecule has 1 amide bonds. The third-order valence-corrected chi connectivity index (χ3v) is 3.34. The van der Waals surface area contributed by atoms with E-state index < -0.39 is 0 Å². The van der Waals surface area contributed by atoms with Gasteiger partial charge < -0.3 is 4.90 Å². The van der Waals surface area contributed by atoms with E-state index in [4.69, 9.17) is 0 Å². The lowest BCUT2D eigenvalue weighted by Gasteiger charge is -2.33. The van der Waals surface area contributed by atoms with E-state index in [0.29, 0.717) is 5.92 Å². The molecule has 76 valence electrons. The fraction of sp³-hybridized carbons (Fsp3) is 0.583. The molecule has 0 N–H and O–H groups in total. The zero-order valence-electron chi connectivity index (χ0n) is 8.43. The third kappa shape index (κ3) is 2.06. The highest BCUT2D eigenvalue weighted by Crippen LogP contribution is 2.29. The maximum atomic E-state index is 10.5. The molecule has 2 nitrogen and oxygen atoms in total. The van der Waals surface area contributed by atoms with Crippen molar-refractivity contribution in [3.8, 4) is 0 Å². The number of rotatable bonds is 2. The van der Waals surface area contributed by atoms with Crippen LogP contribution in [0.15, 0.2) is 24.3 Å². The van der Waals surface area contributed by atoms with Crippen LogP contribution in [0.5, 0.6) is 0 Å². The van der Waals surface area contributed by atoms with Gasteiger partial charge in [-0.1, -0.05) is 24.3 Å². The summed E-state index contributed by atoms with van der Waals surface area (Å²) in [4.78, 5) is 12.4. The summed E-state index contributed by atoms with van der Waals surface area (Å²) in [5.41, 5.74) is 0. The van der Waals surface area contributed by atoms with Gasteiger partial charge in [0.15, 0.2) is 0 Å². The molecule has 2 rings (SSSR count). The van der Waals surface area contributed by atoms with Gasteiger partial charge >= 0.3 is 0 Å². The molecular formula is C12H17NO. The number of hydrogen-bond donors (Lipinski definition) is 0. The molecule has 0 saturated carbocycles. The monoisotopic (exact) mass is 191 g/mol. The van der Waals surface area contributed by atoms with Crippen LogP contribution in [-0.2, 0) is 4.79 Å². The van der Waals surface area contributed by atoms with Gasteiger partial charge in [0, 0.05) is 13.1 Å². The van der Waals surface area contributed by atoms with Crippen molar-refractivity contribution in [2.75, 3.05) is 13.1 Å². The first-order valence-electron chi connectivity index (χ1n) is 5.43.